The number of phosphoric ester groups is 1. The Balaban J connectivity index is 2.19. The average Bonchev–Trinajstić information content (AvgIpc) is 2.39. The van der Waals surface area contributed by atoms with Gasteiger partial charge in [-0.15, -0.1) is 0 Å². The summed E-state index contributed by atoms with van der Waals surface area (Å²) >= 11 is 0. The maximum atomic E-state index is 11.8. The standard InChI is InChI=1S/C14H17O4P/c1-2-3-11-17-19(15,16)18-14-10-6-8-12-7-4-5-9-13(12)14/h4-10H,2-3,11H2,1H3,(H,15,16). The van der Waals surface area contributed by atoms with Crippen molar-refractivity contribution in [2.75, 3.05) is 6.61 Å². The van der Waals surface area contributed by atoms with Crippen molar-refractivity contribution in [1.29, 1.82) is 0 Å². The third-order valence-electron chi connectivity index (χ3n) is 2.72. The highest BCUT2D eigenvalue weighted by Crippen LogP contribution is 2.45. The normalized spacial score (nSPS) is 14.2. The lowest BCUT2D eigenvalue weighted by Gasteiger charge is -2.14. The molecule has 0 amide bonds. The van der Waals surface area contributed by atoms with Gasteiger partial charge in [0.25, 0.3) is 0 Å². The lowest BCUT2D eigenvalue weighted by molar-refractivity contribution is 0.201. The van der Waals surface area contributed by atoms with Gasteiger partial charge in [0.15, 0.2) is 0 Å². The Hall–Kier alpha value is -1.35. The third-order valence-corrected chi connectivity index (χ3v) is 3.65. The smallest absolute Gasteiger partial charge is 0.403 e. The van der Waals surface area contributed by atoms with Gasteiger partial charge in [0.05, 0.1) is 6.61 Å². The van der Waals surface area contributed by atoms with Crippen molar-refractivity contribution in [2.24, 2.45) is 0 Å². The fourth-order valence-corrected chi connectivity index (χ4v) is 2.57. The van der Waals surface area contributed by atoms with E-state index < -0.39 is 7.82 Å². The molecule has 0 saturated heterocycles. The minimum Gasteiger partial charge on any atom is -0.403 e. The maximum Gasteiger partial charge on any atom is 0.527 e. The second-order valence-electron chi connectivity index (χ2n) is 4.22. The monoisotopic (exact) mass is 280 g/mol. The molecule has 0 saturated carbocycles. The van der Waals surface area contributed by atoms with E-state index in [0.717, 1.165) is 23.6 Å². The Kier molecular flexibility index (Phi) is 4.59. The second kappa shape index (κ2) is 6.20. The molecule has 0 fully saturated rings. The summed E-state index contributed by atoms with van der Waals surface area (Å²) in [4.78, 5) is 9.67. The molecule has 1 N–H and O–H groups in total. The zero-order valence-electron chi connectivity index (χ0n) is 10.8. The van der Waals surface area contributed by atoms with Gasteiger partial charge in [-0.1, -0.05) is 49.7 Å². The maximum absolute atomic E-state index is 11.8. The summed E-state index contributed by atoms with van der Waals surface area (Å²) < 4.78 is 21.9. The second-order valence-corrected chi connectivity index (χ2v) is 5.60. The molecule has 0 bridgehead atoms. The minimum atomic E-state index is -4.05. The van der Waals surface area contributed by atoms with Gasteiger partial charge in [0, 0.05) is 5.39 Å². The quantitative estimate of drug-likeness (QED) is 0.638. The van der Waals surface area contributed by atoms with Crippen molar-refractivity contribution in [3.63, 3.8) is 0 Å². The Bertz CT molecular complexity index is 592. The molecule has 2 aromatic carbocycles. The first kappa shape index (κ1) is 14.1. The highest BCUT2D eigenvalue weighted by Gasteiger charge is 2.23. The molecular weight excluding hydrogens is 263 g/mol. The van der Waals surface area contributed by atoms with Crippen LogP contribution in [0.4, 0.5) is 0 Å². The van der Waals surface area contributed by atoms with Crippen molar-refractivity contribution in [1.82, 2.24) is 0 Å². The number of hydrogen-bond donors (Lipinski definition) is 1. The fourth-order valence-electron chi connectivity index (χ4n) is 1.75. The van der Waals surface area contributed by atoms with Crippen LogP contribution in [0.5, 0.6) is 5.75 Å². The predicted molar refractivity (Wildman–Crippen MR) is 75.3 cm³/mol. The number of phosphoric acid groups is 1. The van der Waals surface area contributed by atoms with Gasteiger partial charge in [0.1, 0.15) is 5.75 Å². The summed E-state index contributed by atoms with van der Waals surface area (Å²) in [6, 6.07) is 12.9. The lowest BCUT2D eigenvalue weighted by Crippen LogP contribution is -1.99. The first-order valence-corrected chi connectivity index (χ1v) is 7.76. The highest BCUT2D eigenvalue weighted by atomic mass is 31.2. The van der Waals surface area contributed by atoms with E-state index in [4.69, 9.17) is 9.05 Å². The van der Waals surface area contributed by atoms with E-state index >= 15 is 0 Å². The van der Waals surface area contributed by atoms with Crippen LogP contribution in [0.15, 0.2) is 42.5 Å². The van der Waals surface area contributed by atoms with Gasteiger partial charge >= 0.3 is 7.82 Å². The van der Waals surface area contributed by atoms with Crippen molar-refractivity contribution in [3.05, 3.63) is 42.5 Å². The Morgan fingerprint density at radius 2 is 1.89 bits per heavy atom. The molecule has 0 heterocycles. The molecule has 0 aliphatic rings. The summed E-state index contributed by atoms with van der Waals surface area (Å²) in [5.41, 5.74) is 0. The average molecular weight is 280 g/mol. The van der Waals surface area contributed by atoms with Gasteiger partial charge < -0.3 is 4.52 Å². The van der Waals surface area contributed by atoms with Crippen molar-refractivity contribution >= 4 is 18.6 Å². The number of fused-ring (bicyclic) bond motifs is 1. The first-order chi connectivity index (χ1) is 9.12. The van der Waals surface area contributed by atoms with E-state index in [1.807, 2.05) is 37.3 Å². The predicted octanol–water partition coefficient (Wildman–Crippen LogP) is 4.14. The molecule has 0 aliphatic heterocycles. The first-order valence-electron chi connectivity index (χ1n) is 6.27. The van der Waals surface area contributed by atoms with E-state index in [-0.39, 0.29) is 6.61 Å². The van der Waals surface area contributed by atoms with Gasteiger partial charge in [0.2, 0.25) is 0 Å². The minimum absolute atomic E-state index is 0.217. The molecule has 2 aromatic rings. The fraction of sp³-hybridized carbons (Fsp3) is 0.286. The van der Waals surface area contributed by atoms with E-state index in [0.29, 0.717) is 5.75 Å². The molecule has 2 rings (SSSR count). The molecule has 0 radical (unpaired) electrons. The summed E-state index contributed by atoms with van der Waals surface area (Å²) in [5, 5.41) is 1.74. The van der Waals surface area contributed by atoms with E-state index in [1.165, 1.54) is 0 Å². The van der Waals surface area contributed by atoms with Crippen molar-refractivity contribution < 1.29 is 18.5 Å². The topological polar surface area (TPSA) is 55.8 Å². The molecule has 0 spiro atoms. The van der Waals surface area contributed by atoms with Crippen LogP contribution in [0.25, 0.3) is 10.8 Å². The van der Waals surface area contributed by atoms with Gasteiger partial charge in [-0.05, 0) is 17.9 Å². The summed E-state index contributed by atoms with van der Waals surface area (Å²) in [6.45, 7) is 2.20. The highest BCUT2D eigenvalue weighted by molar-refractivity contribution is 7.47. The zero-order chi connectivity index (χ0) is 13.7. The lowest BCUT2D eigenvalue weighted by atomic mass is 10.1. The number of benzene rings is 2. The van der Waals surface area contributed by atoms with E-state index in [9.17, 15) is 9.46 Å². The van der Waals surface area contributed by atoms with Crippen LogP contribution < -0.4 is 4.52 Å². The van der Waals surface area contributed by atoms with Crippen LogP contribution in [-0.4, -0.2) is 11.5 Å². The Labute approximate surface area is 112 Å². The van der Waals surface area contributed by atoms with Gasteiger partial charge in [-0.2, -0.15) is 0 Å². The zero-order valence-corrected chi connectivity index (χ0v) is 11.7. The molecule has 4 nitrogen and oxygen atoms in total. The third kappa shape index (κ3) is 3.80. The van der Waals surface area contributed by atoms with Crippen LogP contribution in [0, 0.1) is 0 Å². The van der Waals surface area contributed by atoms with Gasteiger partial charge in [-0.25, -0.2) is 4.57 Å². The van der Waals surface area contributed by atoms with Crippen molar-refractivity contribution in [3.8, 4) is 5.75 Å². The molecule has 1 unspecified atom stereocenters. The summed E-state index contributed by atoms with van der Waals surface area (Å²) in [6.07, 6.45) is 1.62. The molecule has 0 aromatic heterocycles. The molecule has 19 heavy (non-hydrogen) atoms. The van der Waals surface area contributed by atoms with Crippen LogP contribution in [0.3, 0.4) is 0 Å². The van der Waals surface area contributed by atoms with Crippen LogP contribution >= 0.6 is 7.82 Å². The molecule has 1 atom stereocenters. The van der Waals surface area contributed by atoms with Crippen LogP contribution in [0.1, 0.15) is 19.8 Å². The number of unbranched alkanes of at least 4 members (excludes halogenated alkanes) is 1. The van der Waals surface area contributed by atoms with Crippen LogP contribution in [-0.2, 0) is 9.09 Å². The number of rotatable bonds is 6. The molecule has 5 heteroatoms. The van der Waals surface area contributed by atoms with Crippen LogP contribution in [0.2, 0.25) is 0 Å². The SMILES string of the molecule is CCCCOP(=O)(O)Oc1cccc2ccccc12. The molecule has 102 valence electrons. The largest absolute Gasteiger partial charge is 0.527 e. The van der Waals surface area contributed by atoms with Gasteiger partial charge in [-0.3, -0.25) is 9.42 Å². The van der Waals surface area contributed by atoms with E-state index in [1.54, 1.807) is 12.1 Å². The molecule has 0 aliphatic carbocycles. The summed E-state index contributed by atoms with van der Waals surface area (Å²) in [7, 11) is -4.05. The summed E-state index contributed by atoms with van der Waals surface area (Å²) in [5.74, 6) is 0.362. The number of hydrogen-bond acceptors (Lipinski definition) is 3. The Morgan fingerprint density at radius 3 is 2.68 bits per heavy atom. The molecular formula is C14H17O4P. The van der Waals surface area contributed by atoms with E-state index in [2.05, 4.69) is 0 Å². The Morgan fingerprint density at radius 1 is 1.16 bits per heavy atom. The van der Waals surface area contributed by atoms with Crippen molar-refractivity contribution in [2.45, 2.75) is 19.8 Å².